The lowest BCUT2D eigenvalue weighted by molar-refractivity contribution is -0.123. The maximum atomic E-state index is 11.5. The average Bonchev–Trinajstić information content (AvgIpc) is 2.22. The van der Waals surface area contributed by atoms with E-state index in [4.69, 9.17) is 4.43 Å². The molecule has 0 aromatic heterocycles. The van der Waals surface area contributed by atoms with E-state index in [2.05, 4.69) is 47.7 Å². The molecule has 0 aromatic carbocycles. The van der Waals surface area contributed by atoms with E-state index >= 15 is 0 Å². The van der Waals surface area contributed by atoms with Crippen molar-refractivity contribution in [3.05, 3.63) is 0 Å². The van der Waals surface area contributed by atoms with Crippen LogP contribution < -0.4 is 0 Å². The summed E-state index contributed by atoms with van der Waals surface area (Å²) in [5, 5.41) is 0.155. The molecule has 0 fully saturated rings. The first-order valence-corrected chi connectivity index (χ1v) is 9.71. The van der Waals surface area contributed by atoms with E-state index in [9.17, 15) is 4.79 Å². The Morgan fingerprint density at radius 1 is 1.18 bits per heavy atom. The van der Waals surface area contributed by atoms with E-state index in [1.165, 1.54) is 0 Å². The van der Waals surface area contributed by atoms with Gasteiger partial charge in [-0.05, 0) is 31.0 Å². The molecule has 0 spiro atoms. The summed E-state index contributed by atoms with van der Waals surface area (Å²) in [6.45, 7) is 15.3. The van der Waals surface area contributed by atoms with Crippen LogP contribution in [0, 0.1) is 0 Å². The van der Waals surface area contributed by atoms with Crippen LogP contribution in [0.4, 0.5) is 0 Å². The molecule has 0 rings (SSSR count). The molecule has 0 aliphatic heterocycles. The lowest BCUT2D eigenvalue weighted by atomic mass is 9.96. The normalized spacial score (nSPS) is 16.6. The maximum Gasteiger partial charge on any atom is 0.193 e. The quantitative estimate of drug-likeness (QED) is 0.495. The van der Waals surface area contributed by atoms with Crippen LogP contribution in [0.1, 0.15) is 60.3 Å². The Balaban J connectivity index is 4.92. The van der Waals surface area contributed by atoms with E-state index in [1.807, 2.05) is 0 Å². The fourth-order valence-electron chi connectivity index (χ4n) is 1.60. The van der Waals surface area contributed by atoms with Gasteiger partial charge in [0.05, 0.1) is 0 Å². The van der Waals surface area contributed by atoms with Crippen LogP contribution in [0.15, 0.2) is 0 Å². The van der Waals surface area contributed by atoms with Crippen LogP contribution in [-0.2, 0) is 9.22 Å². The van der Waals surface area contributed by atoms with Crippen molar-refractivity contribution in [2.24, 2.45) is 0 Å². The number of hydrogen-bond donors (Lipinski definition) is 0. The summed E-state index contributed by atoms with van der Waals surface area (Å²) in [6, 6.07) is 0. The minimum absolute atomic E-state index is 0.155. The Hall–Kier alpha value is -0.153. The highest BCUT2D eigenvalue weighted by Crippen LogP contribution is 2.40. The van der Waals surface area contributed by atoms with Gasteiger partial charge in [-0.15, -0.1) is 0 Å². The first-order valence-electron chi connectivity index (χ1n) is 6.80. The van der Waals surface area contributed by atoms with Crippen molar-refractivity contribution < 1.29 is 9.22 Å². The monoisotopic (exact) mass is 258 g/mol. The number of carbonyl (C=O) groups is 1. The fourth-order valence-corrected chi connectivity index (χ4v) is 3.22. The summed E-state index contributed by atoms with van der Waals surface area (Å²) in [4.78, 5) is 11.5. The lowest BCUT2D eigenvalue weighted by Gasteiger charge is -2.43. The molecule has 0 radical (unpaired) electrons. The molecule has 1 atom stereocenters. The molecule has 3 heteroatoms. The van der Waals surface area contributed by atoms with Crippen LogP contribution in [0.3, 0.4) is 0 Å². The zero-order valence-electron chi connectivity index (χ0n) is 12.7. The van der Waals surface area contributed by atoms with Crippen molar-refractivity contribution in [2.75, 3.05) is 0 Å². The summed E-state index contributed by atoms with van der Waals surface area (Å²) < 4.78 is 6.36. The van der Waals surface area contributed by atoms with Gasteiger partial charge in [-0.2, -0.15) is 0 Å². The third kappa shape index (κ3) is 4.55. The van der Waals surface area contributed by atoms with Crippen molar-refractivity contribution in [1.82, 2.24) is 0 Å². The highest BCUT2D eigenvalue weighted by atomic mass is 28.4. The Kier molecular flexibility index (Phi) is 6.09. The number of rotatable bonds is 7. The molecule has 0 heterocycles. The molecule has 0 bridgehead atoms. The van der Waals surface area contributed by atoms with Crippen molar-refractivity contribution in [3.63, 3.8) is 0 Å². The van der Waals surface area contributed by atoms with Gasteiger partial charge in [0.1, 0.15) is 5.60 Å². The Bertz CT molecular complexity index is 243. The SMILES string of the molecule is CCCCC(C=O)(CC)O[Si](C)(C)C(C)(C)C. The predicted molar refractivity (Wildman–Crippen MR) is 76.9 cm³/mol. The molecule has 17 heavy (non-hydrogen) atoms. The summed E-state index contributed by atoms with van der Waals surface area (Å²) >= 11 is 0. The average molecular weight is 258 g/mol. The molecule has 2 nitrogen and oxygen atoms in total. The van der Waals surface area contributed by atoms with Gasteiger partial charge in [-0.3, -0.25) is 0 Å². The first-order chi connectivity index (χ1) is 7.64. The highest BCUT2D eigenvalue weighted by Gasteiger charge is 2.43. The number of unbranched alkanes of at least 4 members (excludes halogenated alkanes) is 1. The number of carbonyl (C=O) groups excluding carboxylic acids is 1. The van der Waals surface area contributed by atoms with E-state index in [0.29, 0.717) is 0 Å². The van der Waals surface area contributed by atoms with Gasteiger partial charge >= 0.3 is 0 Å². The van der Waals surface area contributed by atoms with E-state index in [0.717, 1.165) is 32.0 Å². The minimum Gasteiger partial charge on any atom is -0.405 e. The van der Waals surface area contributed by atoms with Crippen molar-refractivity contribution >= 4 is 14.6 Å². The van der Waals surface area contributed by atoms with Gasteiger partial charge in [0.2, 0.25) is 0 Å². The minimum atomic E-state index is -1.86. The van der Waals surface area contributed by atoms with E-state index < -0.39 is 13.9 Å². The second-order valence-electron chi connectivity index (χ2n) is 6.50. The van der Waals surface area contributed by atoms with Crippen molar-refractivity contribution in [1.29, 1.82) is 0 Å². The summed E-state index contributed by atoms with van der Waals surface area (Å²) in [5.74, 6) is 0. The van der Waals surface area contributed by atoms with Gasteiger partial charge < -0.3 is 9.22 Å². The van der Waals surface area contributed by atoms with Gasteiger partial charge in [0, 0.05) is 0 Å². The van der Waals surface area contributed by atoms with Crippen LogP contribution in [0.5, 0.6) is 0 Å². The Morgan fingerprint density at radius 2 is 1.71 bits per heavy atom. The third-order valence-electron chi connectivity index (χ3n) is 4.03. The summed E-state index contributed by atoms with van der Waals surface area (Å²) in [5.41, 5.74) is -0.543. The van der Waals surface area contributed by atoms with Crippen LogP contribution in [0.2, 0.25) is 18.1 Å². The molecule has 1 unspecified atom stereocenters. The van der Waals surface area contributed by atoms with Crippen molar-refractivity contribution in [3.8, 4) is 0 Å². The molecule has 0 aliphatic rings. The third-order valence-corrected chi connectivity index (χ3v) is 8.56. The van der Waals surface area contributed by atoms with E-state index in [1.54, 1.807) is 0 Å². The second kappa shape index (κ2) is 6.14. The van der Waals surface area contributed by atoms with Gasteiger partial charge in [0.15, 0.2) is 14.6 Å². The number of aldehydes is 1. The Labute approximate surface area is 108 Å². The lowest BCUT2D eigenvalue weighted by Crippen LogP contribution is -2.50. The van der Waals surface area contributed by atoms with Crippen LogP contribution in [-0.4, -0.2) is 20.2 Å². The molecule has 0 aromatic rings. The maximum absolute atomic E-state index is 11.5. The van der Waals surface area contributed by atoms with Crippen LogP contribution in [0.25, 0.3) is 0 Å². The molecule has 0 aliphatic carbocycles. The van der Waals surface area contributed by atoms with Crippen LogP contribution >= 0.6 is 0 Å². The molecule has 0 N–H and O–H groups in total. The molecule has 0 saturated carbocycles. The highest BCUT2D eigenvalue weighted by molar-refractivity contribution is 6.74. The molecular weight excluding hydrogens is 228 g/mol. The standard InChI is InChI=1S/C14H30O2Si/c1-8-10-11-14(9-2,12-15)16-17(6,7)13(3,4)5/h12H,8-11H2,1-7H3. The molecule has 0 saturated heterocycles. The zero-order chi connectivity index (χ0) is 13.7. The van der Waals surface area contributed by atoms with E-state index in [-0.39, 0.29) is 5.04 Å². The molecule has 0 amide bonds. The second-order valence-corrected chi connectivity index (χ2v) is 11.2. The largest absolute Gasteiger partial charge is 0.405 e. The van der Waals surface area contributed by atoms with Crippen molar-refractivity contribution in [2.45, 2.75) is 84.0 Å². The number of hydrogen-bond acceptors (Lipinski definition) is 2. The molecular formula is C14H30O2Si. The fraction of sp³-hybridized carbons (Fsp3) is 0.929. The van der Waals surface area contributed by atoms with Gasteiger partial charge in [-0.1, -0.05) is 47.5 Å². The summed E-state index contributed by atoms with van der Waals surface area (Å²) in [7, 11) is -1.86. The first kappa shape index (κ1) is 16.8. The zero-order valence-corrected chi connectivity index (χ0v) is 13.7. The van der Waals surface area contributed by atoms with Gasteiger partial charge in [-0.25, -0.2) is 0 Å². The molecule has 102 valence electrons. The van der Waals surface area contributed by atoms with Gasteiger partial charge in [0.25, 0.3) is 0 Å². The Morgan fingerprint density at radius 3 is 2.00 bits per heavy atom. The summed E-state index contributed by atoms with van der Waals surface area (Å²) in [6.07, 6.45) is 4.85. The topological polar surface area (TPSA) is 26.3 Å². The predicted octanol–water partition coefficient (Wildman–Crippen LogP) is 4.55. The smallest absolute Gasteiger partial charge is 0.193 e.